The molecule has 0 unspecified atom stereocenters. The molecular formula is C18H25NO2. The second kappa shape index (κ2) is 6.88. The minimum Gasteiger partial charge on any atom is -0.274 e. The van der Waals surface area contributed by atoms with Gasteiger partial charge in [-0.2, -0.15) is 0 Å². The Morgan fingerprint density at radius 2 is 1.48 bits per heavy atom. The Morgan fingerprint density at radius 1 is 0.905 bits per heavy atom. The summed E-state index contributed by atoms with van der Waals surface area (Å²) < 4.78 is 0. The molecule has 0 saturated heterocycles. The number of rotatable bonds is 7. The first kappa shape index (κ1) is 15.7. The number of benzene rings is 1. The van der Waals surface area contributed by atoms with Gasteiger partial charge in [0.2, 0.25) is 0 Å². The molecule has 1 aromatic rings. The Bertz CT molecular complexity index is 487. The molecule has 1 atom stereocenters. The number of carbonyl (C=O) groups is 2. The highest BCUT2D eigenvalue weighted by molar-refractivity contribution is 6.21. The minimum atomic E-state index is -0.134. The fourth-order valence-corrected chi connectivity index (χ4v) is 2.81. The Morgan fingerprint density at radius 3 is 2.00 bits per heavy atom. The van der Waals surface area contributed by atoms with Crippen molar-refractivity contribution in [1.29, 1.82) is 0 Å². The summed E-state index contributed by atoms with van der Waals surface area (Å²) in [5, 5.41) is 0. The number of fused-ring (bicyclic) bond motifs is 1. The lowest BCUT2D eigenvalue weighted by atomic mass is 9.97. The molecular weight excluding hydrogens is 262 g/mol. The van der Waals surface area contributed by atoms with Gasteiger partial charge in [0.15, 0.2) is 0 Å². The van der Waals surface area contributed by atoms with Crippen molar-refractivity contribution in [2.24, 2.45) is 11.8 Å². The summed E-state index contributed by atoms with van der Waals surface area (Å²) in [5.74, 6) is 1.02. The predicted octanol–water partition coefficient (Wildman–Crippen LogP) is 4.14. The molecule has 3 heteroatoms. The van der Waals surface area contributed by atoms with Crippen LogP contribution in [0.3, 0.4) is 0 Å². The van der Waals surface area contributed by atoms with Crippen molar-refractivity contribution >= 4 is 11.8 Å². The molecule has 1 aliphatic rings. The van der Waals surface area contributed by atoms with Crippen molar-refractivity contribution in [3.8, 4) is 0 Å². The Labute approximate surface area is 127 Å². The van der Waals surface area contributed by atoms with Crippen LogP contribution >= 0.6 is 0 Å². The zero-order valence-corrected chi connectivity index (χ0v) is 13.3. The van der Waals surface area contributed by atoms with Crippen molar-refractivity contribution in [2.75, 3.05) is 6.54 Å². The summed E-state index contributed by atoms with van der Waals surface area (Å²) in [6.45, 7) is 7.22. The van der Waals surface area contributed by atoms with Crippen LogP contribution in [0.15, 0.2) is 24.3 Å². The zero-order valence-electron chi connectivity index (χ0n) is 13.3. The van der Waals surface area contributed by atoms with Gasteiger partial charge in [-0.25, -0.2) is 0 Å². The highest BCUT2D eigenvalue weighted by Gasteiger charge is 2.34. The molecule has 0 fully saturated rings. The molecule has 0 spiro atoms. The lowest BCUT2D eigenvalue weighted by Crippen LogP contribution is -2.31. The molecule has 3 nitrogen and oxygen atoms in total. The van der Waals surface area contributed by atoms with E-state index in [0.717, 1.165) is 12.3 Å². The molecule has 2 rings (SSSR count). The Kier molecular flexibility index (Phi) is 5.16. The van der Waals surface area contributed by atoms with Gasteiger partial charge in [0.05, 0.1) is 11.1 Å². The zero-order chi connectivity index (χ0) is 15.4. The summed E-state index contributed by atoms with van der Waals surface area (Å²) in [5.41, 5.74) is 1.10. The van der Waals surface area contributed by atoms with Crippen molar-refractivity contribution in [2.45, 2.75) is 46.5 Å². The molecule has 0 aromatic heterocycles. The highest BCUT2D eigenvalue weighted by atomic mass is 16.2. The molecule has 0 radical (unpaired) electrons. The van der Waals surface area contributed by atoms with E-state index in [2.05, 4.69) is 20.8 Å². The van der Waals surface area contributed by atoms with E-state index in [0.29, 0.717) is 23.6 Å². The fraction of sp³-hybridized carbons (Fsp3) is 0.556. The predicted molar refractivity (Wildman–Crippen MR) is 84.3 cm³/mol. The van der Waals surface area contributed by atoms with Gasteiger partial charge in [-0.3, -0.25) is 14.5 Å². The SMILES string of the molecule is CC(C)CCC[C@H](C)CCN1C(=O)c2ccccc2C1=O. The molecule has 2 amide bonds. The molecule has 0 saturated carbocycles. The largest absolute Gasteiger partial charge is 0.274 e. The van der Waals surface area contributed by atoms with Crippen LogP contribution in [0, 0.1) is 11.8 Å². The number of hydrogen-bond donors (Lipinski definition) is 0. The normalized spacial score (nSPS) is 15.7. The second-order valence-corrected chi connectivity index (χ2v) is 6.53. The van der Waals surface area contributed by atoms with E-state index >= 15 is 0 Å². The summed E-state index contributed by atoms with van der Waals surface area (Å²) >= 11 is 0. The number of nitrogens with zero attached hydrogens (tertiary/aromatic N) is 1. The average Bonchev–Trinajstić information content (AvgIpc) is 2.69. The van der Waals surface area contributed by atoms with Gasteiger partial charge in [0.25, 0.3) is 11.8 Å². The van der Waals surface area contributed by atoms with Gasteiger partial charge in [0, 0.05) is 6.54 Å². The van der Waals surface area contributed by atoms with E-state index in [-0.39, 0.29) is 11.8 Å². The molecule has 0 N–H and O–H groups in total. The first-order valence-electron chi connectivity index (χ1n) is 7.96. The smallest absolute Gasteiger partial charge is 0.261 e. The Balaban J connectivity index is 1.85. The van der Waals surface area contributed by atoms with E-state index in [1.807, 2.05) is 12.1 Å². The van der Waals surface area contributed by atoms with Gasteiger partial charge in [-0.15, -0.1) is 0 Å². The van der Waals surface area contributed by atoms with E-state index in [1.54, 1.807) is 12.1 Å². The molecule has 1 aromatic carbocycles. The van der Waals surface area contributed by atoms with Gasteiger partial charge >= 0.3 is 0 Å². The van der Waals surface area contributed by atoms with Crippen LogP contribution in [-0.4, -0.2) is 23.3 Å². The third-order valence-corrected chi connectivity index (χ3v) is 4.20. The van der Waals surface area contributed by atoms with Crippen LogP contribution in [0.1, 0.15) is 67.2 Å². The first-order chi connectivity index (χ1) is 10.0. The highest BCUT2D eigenvalue weighted by Crippen LogP contribution is 2.24. The summed E-state index contributed by atoms with van der Waals surface area (Å²) in [6.07, 6.45) is 4.53. The first-order valence-corrected chi connectivity index (χ1v) is 7.96. The third-order valence-electron chi connectivity index (χ3n) is 4.20. The maximum atomic E-state index is 12.2. The number of hydrogen-bond acceptors (Lipinski definition) is 2. The quantitative estimate of drug-likeness (QED) is 0.707. The standard InChI is InChI=1S/C18H25NO2/c1-13(2)7-6-8-14(3)11-12-19-17(20)15-9-4-5-10-16(15)18(19)21/h4-5,9-10,13-14H,6-8,11-12H2,1-3H3/t14-/m0/s1. The van der Waals surface area contributed by atoms with E-state index in [9.17, 15) is 9.59 Å². The molecule has 0 bridgehead atoms. The topological polar surface area (TPSA) is 37.4 Å². The molecule has 1 heterocycles. The number of amides is 2. The molecule has 114 valence electrons. The third kappa shape index (κ3) is 3.72. The summed E-state index contributed by atoms with van der Waals surface area (Å²) in [7, 11) is 0. The van der Waals surface area contributed by atoms with Crippen LogP contribution in [-0.2, 0) is 0 Å². The van der Waals surface area contributed by atoms with Crippen LogP contribution in [0.5, 0.6) is 0 Å². The van der Waals surface area contributed by atoms with Crippen LogP contribution in [0.2, 0.25) is 0 Å². The lowest BCUT2D eigenvalue weighted by molar-refractivity contribution is 0.0646. The van der Waals surface area contributed by atoms with Gasteiger partial charge in [-0.1, -0.05) is 52.2 Å². The van der Waals surface area contributed by atoms with Gasteiger partial charge in [0.1, 0.15) is 0 Å². The monoisotopic (exact) mass is 287 g/mol. The second-order valence-electron chi connectivity index (χ2n) is 6.53. The maximum Gasteiger partial charge on any atom is 0.261 e. The molecule has 0 aliphatic carbocycles. The fourth-order valence-electron chi connectivity index (χ4n) is 2.81. The summed E-state index contributed by atoms with van der Waals surface area (Å²) in [4.78, 5) is 25.9. The van der Waals surface area contributed by atoms with E-state index in [4.69, 9.17) is 0 Å². The van der Waals surface area contributed by atoms with Crippen molar-refractivity contribution in [3.63, 3.8) is 0 Å². The average molecular weight is 287 g/mol. The van der Waals surface area contributed by atoms with Crippen molar-refractivity contribution in [3.05, 3.63) is 35.4 Å². The summed E-state index contributed by atoms with van der Waals surface area (Å²) in [6, 6.07) is 7.09. The Hall–Kier alpha value is -1.64. The minimum absolute atomic E-state index is 0.134. The van der Waals surface area contributed by atoms with Gasteiger partial charge in [-0.05, 0) is 30.4 Å². The van der Waals surface area contributed by atoms with Crippen molar-refractivity contribution in [1.82, 2.24) is 4.90 Å². The van der Waals surface area contributed by atoms with Crippen LogP contribution < -0.4 is 0 Å². The maximum absolute atomic E-state index is 12.2. The lowest BCUT2D eigenvalue weighted by Gasteiger charge is -2.17. The van der Waals surface area contributed by atoms with E-state index in [1.165, 1.54) is 24.2 Å². The van der Waals surface area contributed by atoms with E-state index < -0.39 is 0 Å². The number of carbonyl (C=O) groups excluding carboxylic acids is 2. The molecule has 1 aliphatic heterocycles. The van der Waals surface area contributed by atoms with Crippen LogP contribution in [0.4, 0.5) is 0 Å². The van der Waals surface area contributed by atoms with Crippen LogP contribution in [0.25, 0.3) is 0 Å². The molecule has 21 heavy (non-hydrogen) atoms. The number of imide groups is 1. The van der Waals surface area contributed by atoms with Gasteiger partial charge < -0.3 is 0 Å². The van der Waals surface area contributed by atoms with Crippen molar-refractivity contribution < 1.29 is 9.59 Å².